The van der Waals surface area contributed by atoms with Crippen molar-refractivity contribution < 1.29 is 5.11 Å². The molecule has 0 amide bonds. The van der Waals surface area contributed by atoms with Gasteiger partial charge in [0.25, 0.3) is 0 Å². The summed E-state index contributed by atoms with van der Waals surface area (Å²) in [4.78, 5) is 12.1. The van der Waals surface area contributed by atoms with Crippen molar-refractivity contribution in [1.29, 1.82) is 0 Å². The van der Waals surface area contributed by atoms with Gasteiger partial charge in [0.2, 0.25) is 0 Å². The third-order valence-electron chi connectivity index (χ3n) is 3.28. The van der Waals surface area contributed by atoms with Crippen LogP contribution in [0.3, 0.4) is 0 Å². The summed E-state index contributed by atoms with van der Waals surface area (Å²) in [5, 5.41) is 10.4. The number of nitrogens with zero attached hydrogens (tertiary/aromatic N) is 3. The fourth-order valence-electron chi connectivity index (χ4n) is 2.11. The van der Waals surface area contributed by atoms with Crippen LogP contribution in [0.2, 0.25) is 0 Å². The summed E-state index contributed by atoms with van der Waals surface area (Å²) >= 11 is 1.59. The average Bonchev–Trinajstić information content (AvgIpc) is 3.19. The minimum atomic E-state index is 0.0981. The maximum absolute atomic E-state index is 9.42. The van der Waals surface area contributed by atoms with Gasteiger partial charge in [-0.05, 0) is 25.0 Å². The maximum Gasteiger partial charge on any atom is 0.185 e. The summed E-state index contributed by atoms with van der Waals surface area (Å²) in [7, 11) is 2.02. The molecule has 5 heteroatoms. The lowest BCUT2D eigenvalue weighted by Crippen LogP contribution is -2.16. The number of anilines is 1. The topological polar surface area (TPSA) is 49.2 Å². The van der Waals surface area contributed by atoms with Crippen molar-refractivity contribution in [2.75, 3.05) is 11.9 Å². The first kappa shape index (κ1) is 12.6. The molecule has 0 aliphatic heterocycles. The molecule has 1 N–H and O–H groups in total. The Hall–Kier alpha value is -1.46. The van der Waals surface area contributed by atoms with Gasteiger partial charge in [0.05, 0.1) is 29.4 Å². The molecule has 2 heterocycles. The average molecular weight is 275 g/mol. The molecular weight excluding hydrogens is 258 g/mol. The molecule has 2 aromatic heterocycles. The lowest BCUT2D eigenvalue weighted by molar-refractivity contribution is 0.284. The van der Waals surface area contributed by atoms with Crippen LogP contribution in [0.5, 0.6) is 0 Å². The molecule has 3 rings (SSSR count). The van der Waals surface area contributed by atoms with Gasteiger partial charge in [-0.3, -0.25) is 4.98 Å². The van der Waals surface area contributed by atoms with E-state index in [1.165, 1.54) is 12.8 Å². The highest BCUT2D eigenvalue weighted by molar-refractivity contribution is 7.15. The number of aromatic nitrogens is 2. The third-order valence-corrected chi connectivity index (χ3v) is 4.45. The van der Waals surface area contributed by atoms with E-state index in [-0.39, 0.29) is 6.61 Å². The molecule has 100 valence electrons. The standard InChI is InChI=1S/C14H17N3OS/c1-17(8-11-4-2-3-7-15-11)14-16-13(10-5-6-10)12(9-18)19-14/h2-4,7,10,18H,5-6,8-9H2,1H3. The number of pyridine rings is 1. The summed E-state index contributed by atoms with van der Waals surface area (Å²) in [6.45, 7) is 0.838. The first-order chi connectivity index (χ1) is 9.28. The van der Waals surface area contributed by atoms with E-state index in [0.29, 0.717) is 5.92 Å². The highest BCUT2D eigenvalue weighted by Gasteiger charge is 2.29. The second-order valence-corrected chi connectivity index (χ2v) is 5.98. The summed E-state index contributed by atoms with van der Waals surface area (Å²) in [6.07, 6.45) is 4.22. The number of rotatable bonds is 5. The Balaban J connectivity index is 1.77. The van der Waals surface area contributed by atoms with Gasteiger partial charge in [-0.25, -0.2) is 4.98 Å². The maximum atomic E-state index is 9.42. The predicted molar refractivity (Wildman–Crippen MR) is 76.4 cm³/mol. The molecule has 0 unspecified atom stereocenters. The van der Waals surface area contributed by atoms with Crippen LogP contribution in [0, 0.1) is 0 Å². The predicted octanol–water partition coefficient (Wildman–Crippen LogP) is 2.54. The highest BCUT2D eigenvalue weighted by Crippen LogP contribution is 2.44. The molecule has 0 bridgehead atoms. The zero-order chi connectivity index (χ0) is 13.2. The van der Waals surface area contributed by atoms with Crippen LogP contribution in [0.4, 0.5) is 5.13 Å². The Bertz CT molecular complexity index is 551. The fourth-order valence-corrected chi connectivity index (χ4v) is 3.07. The van der Waals surface area contributed by atoms with E-state index in [1.54, 1.807) is 17.5 Å². The lowest BCUT2D eigenvalue weighted by Gasteiger charge is -2.14. The number of aliphatic hydroxyl groups excluding tert-OH is 1. The van der Waals surface area contributed by atoms with Gasteiger partial charge in [0.15, 0.2) is 5.13 Å². The van der Waals surface area contributed by atoms with Crippen molar-refractivity contribution in [2.24, 2.45) is 0 Å². The van der Waals surface area contributed by atoms with Crippen LogP contribution in [0.25, 0.3) is 0 Å². The van der Waals surface area contributed by atoms with E-state index in [1.807, 2.05) is 25.2 Å². The van der Waals surface area contributed by atoms with Gasteiger partial charge >= 0.3 is 0 Å². The summed E-state index contributed by atoms with van der Waals surface area (Å²) in [6, 6.07) is 5.92. The highest BCUT2D eigenvalue weighted by atomic mass is 32.1. The molecule has 0 atom stereocenters. The summed E-state index contributed by atoms with van der Waals surface area (Å²) < 4.78 is 0. The number of aliphatic hydroxyl groups is 1. The zero-order valence-electron chi connectivity index (χ0n) is 10.9. The third kappa shape index (κ3) is 2.77. The second-order valence-electron chi connectivity index (χ2n) is 4.91. The van der Waals surface area contributed by atoms with Gasteiger partial charge < -0.3 is 10.0 Å². The Morgan fingerprint density at radius 1 is 1.42 bits per heavy atom. The molecule has 0 radical (unpaired) electrons. The second kappa shape index (κ2) is 5.27. The van der Waals surface area contributed by atoms with Gasteiger partial charge in [-0.1, -0.05) is 17.4 Å². The SMILES string of the molecule is CN(Cc1ccccn1)c1nc(C2CC2)c(CO)s1. The van der Waals surface area contributed by atoms with E-state index >= 15 is 0 Å². The fraction of sp³-hybridized carbons (Fsp3) is 0.429. The van der Waals surface area contributed by atoms with Crippen LogP contribution in [0.1, 0.15) is 35.0 Å². The van der Waals surface area contributed by atoms with Crippen molar-refractivity contribution in [3.8, 4) is 0 Å². The first-order valence-electron chi connectivity index (χ1n) is 6.49. The molecule has 1 aliphatic rings. The molecule has 19 heavy (non-hydrogen) atoms. The molecule has 0 aromatic carbocycles. The first-order valence-corrected chi connectivity index (χ1v) is 7.31. The monoisotopic (exact) mass is 275 g/mol. The van der Waals surface area contributed by atoms with E-state index in [0.717, 1.165) is 27.9 Å². The number of hydrogen-bond donors (Lipinski definition) is 1. The molecule has 0 spiro atoms. The van der Waals surface area contributed by atoms with Gasteiger partial charge in [-0.15, -0.1) is 0 Å². The molecule has 1 saturated carbocycles. The number of hydrogen-bond acceptors (Lipinski definition) is 5. The van der Waals surface area contributed by atoms with Crippen LogP contribution >= 0.6 is 11.3 Å². The quantitative estimate of drug-likeness (QED) is 0.911. The zero-order valence-corrected chi connectivity index (χ0v) is 11.7. The van der Waals surface area contributed by atoms with Crippen molar-refractivity contribution in [3.05, 3.63) is 40.7 Å². The van der Waals surface area contributed by atoms with Crippen LogP contribution < -0.4 is 4.90 Å². The van der Waals surface area contributed by atoms with Gasteiger partial charge in [0.1, 0.15) is 0 Å². The Kier molecular flexibility index (Phi) is 3.48. The smallest absolute Gasteiger partial charge is 0.185 e. The molecule has 4 nitrogen and oxygen atoms in total. The van der Waals surface area contributed by atoms with E-state index in [2.05, 4.69) is 9.88 Å². The van der Waals surface area contributed by atoms with Gasteiger partial charge in [-0.2, -0.15) is 0 Å². The molecule has 2 aromatic rings. The van der Waals surface area contributed by atoms with Crippen molar-refractivity contribution in [1.82, 2.24) is 9.97 Å². The Morgan fingerprint density at radius 2 is 2.26 bits per heavy atom. The van der Waals surface area contributed by atoms with Crippen molar-refractivity contribution in [3.63, 3.8) is 0 Å². The molecule has 0 saturated heterocycles. The number of thiazole rings is 1. The molecular formula is C14H17N3OS. The van der Waals surface area contributed by atoms with Crippen LogP contribution in [-0.2, 0) is 13.2 Å². The van der Waals surface area contributed by atoms with E-state index < -0.39 is 0 Å². The normalized spacial score (nSPS) is 14.6. The Labute approximate surface area is 116 Å². The van der Waals surface area contributed by atoms with Crippen LogP contribution in [-0.4, -0.2) is 22.1 Å². The van der Waals surface area contributed by atoms with Gasteiger partial charge in [0, 0.05) is 19.2 Å². The lowest BCUT2D eigenvalue weighted by atomic mass is 10.2. The molecule has 1 aliphatic carbocycles. The van der Waals surface area contributed by atoms with E-state index in [4.69, 9.17) is 4.98 Å². The van der Waals surface area contributed by atoms with Crippen molar-refractivity contribution >= 4 is 16.5 Å². The van der Waals surface area contributed by atoms with Crippen LogP contribution in [0.15, 0.2) is 24.4 Å². The largest absolute Gasteiger partial charge is 0.391 e. The molecule has 1 fully saturated rings. The Morgan fingerprint density at radius 3 is 2.89 bits per heavy atom. The van der Waals surface area contributed by atoms with E-state index in [9.17, 15) is 5.11 Å². The minimum absolute atomic E-state index is 0.0981. The summed E-state index contributed by atoms with van der Waals surface area (Å²) in [5.74, 6) is 0.579. The minimum Gasteiger partial charge on any atom is -0.391 e. The summed E-state index contributed by atoms with van der Waals surface area (Å²) in [5.41, 5.74) is 2.13. The van der Waals surface area contributed by atoms with Crippen molar-refractivity contribution in [2.45, 2.75) is 31.9 Å².